The van der Waals surface area contributed by atoms with E-state index in [1.807, 2.05) is 34.9 Å². The summed E-state index contributed by atoms with van der Waals surface area (Å²) >= 11 is 19.0. The van der Waals surface area contributed by atoms with E-state index in [9.17, 15) is 0 Å². The first-order chi connectivity index (χ1) is 7.08. The van der Waals surface area contributed by atoms with Crippen LogP contribution in [0.5, 0.6) is 0 Å². The summed E-state index contributed by atoms with van der Waals surface area (Å²) in [6.07, 6.45) is -0.687. The third-order valence-electron chi connectivity index (χ3n) is 2.74. The fourth-order valence-corrected chi connectivity index (χ4v) is 3.42. The second-order valence-electron chi connectivity index (χ2n) is 3.42. The highest BCUT2D eigenvalue weighted by atomic mass is 35.5. The highest BCUT2D eigenvalue weighted by molar-refractivity contribution is 7.25. The summed E-state index contributed by atoms with van der Waals surface area (Å²) in [6.45, 7) is 8.54. The third kappa shape index (κ3) is 2.62. The lowest BCUT2D eigenvalue weighted by atomic mass is 9.71. The maximum Gasteiger partial charge on any atom is 0.400 e. The van der Waals surface area contributed by atoms with Gasteiger partial charge in [0.05, 0.1) is 0 Å². The first-order valence-corrected chi connectivity index (χ1v) is 6.58. The summed E-state index contributed by atoms with van der Waals surface area (Å²) in [6, 6.07) is 0. The van der Waals surface area contributed by atoms with Gasteiger partial charge >= 0.3 is 19.2 Å². The average Bonchev–Trinajstić information content (AvgIpc) is 2.19. The SMILES string of the molecule is CCN1B(Cl)N(CC)B(Cl)N(CC)B1Cl. The van der Waals surface area contributed by atoms with Gasteiger partial charge in [0.25, 0.3) is 0 Å². The number of rotatable bonds is 3. The Hall–Kier alpha value is 0.945. The monoisotopic (exact) mass is 267 g/mol. The Morgan fingerprint density at radius 3 is 1.00 bits per heavy atom. The Bertz CT molecular complexity index is 168. The Morgan fingerprint density at radius 2 is 0.867 bits per heavy atom. The summed E-state index contributed by atoms with van der Waals surface area (Å²) < 4.78 is 6.03. The zero-order valence-corrected chi connectivity index (χ0v) is 11.6. The molecule has 0 aromatic rings. The Balaban J connectivity index is 2.87. The van der Waals surface area contributed by atoms with Gasteiger partial charge in [-0.2, -0.15) is 34.4 Å². The fourth-order valence-electron chi connectivity index (χ4n) is 1.78. The molecule has 1 aliphatic heterocycles. The Labute approximate surface area is 108 Å². The molecule has 0 N–H and O–H groups in total. The second kappa shape index (κ2) is 6.03. The zero-order chi connectivity index (χ0) is 11.6. The van der Waals surface area contributed by atoms with Gasteiger partial charge in [-0.3, -0.25) is 0 Å². The van der Waals surface area contributed by atoms with Crippen molar-refractivity contribution in [2.45, 2.75) is 20.8 Å². The molecule has 0 aliphatic carbocycles. The topological polar surface area (TPSA) is 9.72 Å². The van der Waals surface area contributed by atoms with Gasteiger partial charge in [0.2, 0.25) is 0 Å². The molecule has 0 aromatic heterocycles. The molecule has 84 valence electrons. The van der Waals surface area contributed by atoms with E-state index in [0.717, 1.165) is 19.6 Å². The molecule has 0 radical (unpaired) electrons. The molecule has 0 bridgehead atoms. The van der Waals surface area contributed by atoms with Crippen LogP contribution in [-0.2, 0) is 0 Å². The van der Waals surface area contributed by atoms with E-state index in [1.165, 1.54) is 0 Å². The van der Waals surface area contributed by atoms with Crippen molar-refractivity contribution in [1.82, 2.24) is 14.2 Å². The van der Waals surface area contributed by atoms with Crippen molar-refractivity contribution in [3.63, 3.8) is 0 Å². The van der Waals surface area contributed by atoms with Gasteiger partial charge in [0.15, 0.2) is 0 Å². The molecule has 15 heavy (non-hydrogen) atoms. The quantitative estimate of drug-likeness (QED) is 0.720. The summed E-state index contributed by atoms with van der Waals surface area (Å²) in [7, 11) is 0. The molecule has 0 atom stereocenters. The maximum absolute atomic E-state index is 6.32. The van der Waals surface area contributed by atoms with Crippen LogP contribution in [0, 0.1) is 0 Å². The summed E-state index contributed by atoms with van der Waals surface area (Å²) in [4.78, 5) is 0. The van der Waals surface area contributed by atoms with E-state index in [2.05, 4.69) is 0 Å². The average molecular weight is 268 g/mol. The molecule has 1 fully saturated rings. The minimum atomic E-state index is -0.229. The Morgan fingerprint density at radius 1 is 0.667 bits per heavy atom. The lowest BCUT2D eigenvalue weighted by Crippen LogP contribution is -2.73. The Kier molecular flexibility index (Phi) is 5.64. The number of hydrogen-bond donors (Lipinski definition) is 0. The normalized spacial score (nSPS) is 21.6. The van der Waals surface area contributed by atoms with Crippen LogP contribution in [-0.4, -0.2) is 53.0 Å². The van der Waals surface area contributed by atoms with Crippen molar-refractivity contribution in [3.05, 3.63) is 0 Å². The van der Waals surface area contributed by atoms with Gasteiger partial charge in [-0.05, 0) is 19.6 Å². The van der Waals surface area contributed by atoms with Crippen molar-refractivity contribution >= 4 is 53.6 Å². The number of nitrogens with zero attached hydrogens (tertiary/aromatic N) is 3. The summed E-state index contributed by atoms with van der Waals surface area (Å²) in [5.74, 6) is 0. The van der Waals surface area contributed by atoms with E-state index in [0.29, 0.717) is 0 Å². The van der Waals surface area contributed by atoms with E-state index < -0.39 is 0 Å². The molecule has 0 unspecified atom stereocenters. The maximum atomic E-state index is 6.32. The first-order valence-electron chi connectivity index (χ1n) is 5.27. The van der Waals surface area contributed by atoms with E-state index >= 15 is 0 Å². The largest absolute Gasteiger partial charge is 0.400 e. The highest BCUT2D eigenvalue weighted by Crippen LogP contribution is 2.24. The molecule has 0 spiro atoms. The van der Waals surface area contributed by atoms with Crippen molar-refractivity contribution < 1.29 is 0 Å². The van der Waals surface area contributed by atoms with Gasteiger partial charge in [0.1, 0.15) is 0 Å². The van der Waals surface area contributed by atoms with Crippen molar-refractivity contribution in [2.24, 2.45) is 0 Å². The lowest BCUT2D eigenvalue weighted by molar-refractivity contribution is 0.488. The van der Waals surface area contributed by atoms with Crippen LogP contribution in [0.2, 0.25) is 0 Å². The van der Waals surface area contributed by atoms with Gasteiger partial charge in [0, 0.05) is 0 Å². The van der Waals surface area contributed by atoms with Crippen LogP contribution in [0.1, 0.15) is 20.8 Å². The van der Waals surface area contributed by atoms with Gasteiger partial charge < -0.3 is 14.2 Å². The molecule has 0 amide bonds. The van der Waals surface area contributed by atoms with E-state index in [4.69, 9.17) is 34.4 Å². The van der Waals surface area contributed by atoms with Crippen LogP contribution in [0.25, 0.3) is 0 Å². The molecule has 1 heterocycles. The predicted molar refractivity (Wildman–Crippen MR) is 72.0 cm³/mol. The first kappa shape index (κ1) is 14.0. The minimum Gasteiger partial charge on any atom is -0.329 e. The van der Waals surface area contributed by atoms with Crippen LogP contribution < -0.4 is 0 Å². The minimum absolute atomic E-state index is 0.229. The number of hydrogen-bond acceptors (Lipinski definition) is 3. The second-order valence-corrected chi connectivity index (χ2v) is 4.59. The fraction of sp³-hybridized carbons (Fsp3) is 1.00. The smallest absolute Gasteiger partial charge is 0.329 e. The molecular formula is C6H15B3Cl3N3. The lowest BCUT2D eigenvalue weighted by Gasteiger charge is -2.46. The van der Waals surface area contributed by atoms with Crippen LogP contribution in [0.15, 0.2) is 0 Å². The summed E-state index contributed by atoms with van der Waals surface area (Å²) in [5.41, 5.74) is 0. The van der Waals surface area contributed by atoms with Crippen LogP contribution >= 0.6 is 34.4 Å². The van der Waals surface area contributed by atoms with Crippen molar-refractivity contribution in [1.29, 1.82) is 0 Å². The zero-order valence-electron chi connectivity index (χ0n) is 9.33. The molecule has 1 saturated heterocycles. The van der Waals surface area contributed by atoms with Gasteiger partial charge in [-0.15, -0.1) is 0 Å². The van der Waals surface area contributed by atoms with Gasteiger partial charge in [-0.25, -0.2) is 0 Å². The van der Waals surface area contributed by atoms with Crippen molar-refractivity contribution in [2.75, 3.05) is 19.6 Å². The third-order valence-corrected chi connectivity index (χ3v) is 4.24. The van der Waals surface area contributed by atoms with Crippen LogP contribution in [0.4, 0.5) is 0 Å². The molecule has 3 nitrogen and oxygen atoms in total. The molecule has 0 saturated carbocycles. The van der Waals surface area contributed by atoms with Crippen molar-refractivity contribution in [3.8, 4) is 0 Å². The highest BCUT2D eigenvalue weighted by Gasteiger charge is 2.49. The molecule has 1 aliphatic rings. The molecule has 9 heteroatoms. The number of halogens is 3. The van der Waals surface area contributed by atoms with Gasteiger partial charge in [-0.1, -0.05) is 20.8 Å². The van der Waals surface area contributed by atoms with E-state index in [1.54, 1.807) is 0 Å². The predicted octanol–water partition coefficient (Wildman–Crippen LogP) is 1.64. The van der Waals surface area contributed by atoms with Crippen LogP contribution in [0.3, 0.4) is 0 Å². The summed E-state index contributed by atoms with van der Waals surface area (Å²) in [5, 5.41) is 0. The standard InChI is InChI=1S/C6H15B3Cl3N3/c1-4-13-7(10)14(5-2)9(12)15(6-3)8(13)11/h4-6H2,1-3H3. The van der Waals surface area contributed by atoms with E-state index in [-0.39, 0.29) is 19.2 Å². The molecule has 0 aromatic carbocycles. The molecular weight excluding hydrogens is 253 g/mol. The molecule has 1 rings (SSSR count).